The molecule has 13 heteroatoms. The minimum absolute atomic E-state index is 0.0696. The number of methoxy groups -OCH3 is 1. The number of carbonyl (C=O) groups is 3. The minimum atomic E-state index is -4.86. The number of ketones is 1. The Morgan fingerprint density at radius 3 is 2.34 bits per heavy atom. The molecule has 2 amide bonds. The van der Waals surface area contributed by atoms with E-state index in [-0.39, 0.29) is 18.2 Å². The number of halogens is 3. The average Bonchev–Trinajstić information content (AvgIpc) is 3.50. The highest BCUT2D eigenvalue weighted by molar-refractivity contribution is 6.02. The second kappa shape index (κ2) is 13.1. The van der Waals surface area contributed by atoms with Gasteiger partial charge in [-0.1, -0.05) is 38.8 Å². The highest BCUT2D eigenvalue weighted by Crippen LogP contribution is 2.35. The molecule has 1 aromatic carbocycles. The van der Waals surface area contributed by atoms with Gasteiger partial charge in [0.2, 0.25) is 23.5 Å². The fourth-order valence-electron chi connectivity index (χ4n) is 5.14. The zero-order valence-electron chi connectivity index (χ0n) is 24.8. The Kier molecular flexibility index (Phi) is 9.65. The summed E-state index contributed by atoms with van der Waals surface area (Å²) >= 11 is 0. The van der Waals surface area contributed by atoms with Gasteiger partial charge in [-0.15, -0.1) is 23.4 Å². The maximum absolute atomic E-state index is 13.9. The fraction of sp³-hybridized carbons (Fsp3) is 0.452. The van der Waals surface area contributed by atoms with Gasteiger partial charge in [0.05, 0.1) is 12.5 Å². The van der Waals surface area contributed by atoms with Crippen LogP contribution in [-0.4, -0.2) is 52.8 Å². The molecule has 1 fully saturated rings. The van der Waals surface area contributed by atoms with Gasteiger partial charge in [0, 0.05) is 5.56 Å². The van der Waals surface area contributed by atoms with Gasteiger partial charge in [0.1, 0.15) is 23.1 Å². The lowest BCUT2D eigenvalue weighted by atomic mass is 9.77. The molecule has 2 N–H and O–H groups in total. The van der Waals surface area contributed by atoms with Gasteiger partial charge < -0.3 is 24.5 Å². The van der Waals surface area contributed by atoms with Gasteiger partial charge in [0.15, 0.2) is 0 Å². The number of nitrogens with one attached hydrogen (secondary N) is 2. The van der Waals surface area contributed by atoms with E-state index in [9.17, 15) is 27.6 Å². The molecular weight excluding hydrogens is 581 g/mol. The van der Waals surface area contributed by atoms with Crippen LogP contribution in [0.5, 0.6) is 5.75 Å². The molecule has 2 aliphatic carbocycles. The molecule has 236 valence electrons. The normalized spacial score (nSPS) is 20.2. The van der Waals surface area contributed by atoms with Crippen LogP contribution < -0.4 is 15.4 Å². The van der Waals surface area contributed by atoms with Gasteiger partial charge in [-0.25, -0.2) is 0 Å². The Balaban J connectivity index is 1.52. The number of nitrogens with zero attached hydrogens (tertiary/aromatic N) is 2. The van der Waals surface area contributed by atoms with Gasteiger partial charge >= 0.3 is 6.36 Å². The number of allylic oxidation sites excluding steroid dienone is 2. The molecule has 10 nitrogen and oxygen atoms in total. The van der Waals surface area contributed by atoms with Crippen molar-refractivity contribution < 1.29 is 41.4 Å². The molecule has 1 aromatic heterocycles. The van der Waals surface area contributed by atoms with Crippen LogP contribution in [0.3, 0.4) is 0 Å². The molecule has 4 rings (SSSR count). The number of ether oxygens (including phenoxy) is 2. The highest BCUT2D eigenvalue weighted by atomic mass is 19.4. The summed E-state index contributed by atoms with van der Waals surface area (Å²) in [6.07, 6.45) is 1.80. The van der Waals surface area contributed by atoms with E-state index in [1.807, 2.05) is 0 Å². The molecule has 44 heavy (non-hydrogen) atoms. The van der Waals surface area contributed by atoms with Crippen LogP contribution in [0, 0.1) is 5.41 Å². The summed E-state index contributed by atoms with van der Waals surface area (Å²) in [4.78, 5) is 41.0. The first-order valence-corrected chi connectivity index (χ1v) is 14.3. The minimum Gasteiger partial charge on any atom is -0.497 e. The number of benzene rings is 1. The van der Waals surface area contributed by atoms with E-state index in [2.05, 4.69) is 32.1 Å². The first-order chi connectivity index (χ1) is 20.8. The molecule has 0 radical (unpaired) electrons. The van der Waals surface area contributed by atoms with E-state index in [0.717, 1.165) is 12.5 Å². The Labute approximate surface area is 252 Å². The van der Waals surface area contributed by atoms with Crippen molar-refractivity contribution in [2.24, 2.45) is 5.41 Å². The lowest BCUT2D eigenvalue weighted by Crippen LogP contribution is -2.63. The second-order valence-corrected chi connectivity index (χ2v) is 11.1. The van der Waals surface area contributed by atoms with E-state index in [1.54, 1.807) is 38.1 Å². The quantitative estimate of drug-likeness (QED) is 0.247. The third-order valence-electron chi connectivity index (χ3n) is 7.96. The molecule has 1 unspecified atom stereocenters. The van der Waals surface area contributed by atoms with E-state index < -0.39 is 46.7 Å². The highest BCUT2D eigenvalue weighted by Gasteiger charge is 2.46. The largest absolute Gasteiger partial charge is 0.573 e. The number of Topliss-reactive ketones (excluding diaryl/α,β-unsaturated/α-hetero) is 1. The molecule has 0 aliphatic heterocycles. The van der Waals surface area contributed by atoms with Crippen molar-refractivity contribution in [2.75, 3.05) is 7.11 Å². The van der Waals surface area contributed by atoms with E-state index in [0.29, 0.717) is 49.0 Å². The number of carbonyl (C=O) groups excluding carboxylic acids is 3. The van der Waals surface area contributed by atoms with Gasteiger partial charge in [0.25, 0.3) is 5.89 Å². The predicted molar refractivity (Wildman–Crippen MR) is 153 cm³/mol. The van der Waals surface area contributed by atoms with Crippen molar-refractivity contribution in [2.45, 2.75) is 76.7 Å². The van der Waals surface area contributed by atoms with Crippen molar-refractivity contribution in [3.05, 3.63) is 66.3 Å². The zero-order valence-corrected chi connectivity index (χ0v) is 24.8. The first kappa shape index (κ1) is 32.5. The summed E-state index contributed by atoms with van der Waals surface area (Å²) in [6.45, 7) is 7.32. The molecule has 1 saturated carbocycles. The Hall–Kier alpha value is -4.42. The lowest BCUT2D eigenvalue weighted by Gasteiger charge is -2.40. The van der Waals surface area contributed by atoms with Gasteiger partial charge in [-0.2, -0.15) is 0 Å². The zero-order chi connectivity index (χ0) is 32.1. The van der Waals surface area contributed by atoms with Crippen LogP contribution in [-0.2, 0) is 14.3 Å². The molecule has 0 saturated heterocycles. The van der Waals surface area contributed by atoms with Crippen LogP contribution in [0.4, 0.5) is 13.2 Å². The summed E-state index contributed by atoms with van der Waals surface area (Å²) in [7, 11) is 1.54. The third kappa shape index (κ3) is 7.37. The van der Waals surface area contributed by atoms with Gasteiger partial charge in [-0.05, 0) is 74.6 Å². The number of hydrogen-bond acceptors (Lipinski definition) is 8. The average molecular weight is 617 g/mol. The molecule has 2 aromatic rings. The topological polar surface area (TPSA) is 133 Å². The van der Waals surface area contributed by atoms with E-state index in [4.69, 9.17) is 9.15 Å². The Bertz CT molecular complexity index is 1460. The monoisotopic (exact) mass is 616 g/mol. The standard InChI is InChI=1S/C31H35F3N4O6/c1-5-19(2)23(24(39)26-38-37-25(43-26)20-9-11-21(42-4)12-10-20)35-28(41)30(15-7-6-8-16-30)36-27(40)29(3)17-13-22(14-18-29)44-31(32,33)34/h9-14,17,23H,2,5-8,15-16,18H2,1,3-4H3,(H,35,41)(H,36,40)/t23-,29?/m0/s1. The summed E-state index contributed by atoms with van der Waals surface area (Å²) in [5.74, 6) is -1.77. The molecular formula is C31H35F3N4O6. The van der Waals surface area contributed by atoms with Crippen LogP contribution in [0.15, 0.2) is 64.8 Å². The number of aromatic nitrogens is 2. The first-order valence-electron chi connectivity index (χ1n) is 14.3. The van der Waals surface area contributed by atoms with Crippen molar-refractivity contribution >= 4 is 17.6 Å². The maximum atomic E-state index is 13.9. The van der Waals surface area contributed by atoms with E-state index >= 15 is 0 Å². The Morgan fingerprint density at radius 1 is 1.09 bits per heavy atom. The molecule has 0 spiro atoms. The molecule has 2 atom stereocenters. The Morgan fingerprint density at radius 2 is 1.77 bits per heavy atom. The fourth-order valence-corrected chi connectivity index (χ4v) is 5.14. The SMILES string of the molecule is C=C(CC)[C@H](NC(=O)C1(NC(=O)C2(C)C=CC(OC(F)(F)F)=CC2)CCCCC1)C(=O)c1nnc(-c2ccc(OC)cc2)o1. The number of hydrogen-bond donors (Lipinski definition) is 2. The summed E-state index contributed by atoms with van der Waals surface area (Å²) in [5, 5.41) is 13.5. The summed E-state index contributed by atoms with van der Waals surface area (Å²) < 4.78 is 52.6. The maximum Gasteiger partial charge on any atom is 0.573 e. The smallest absolute Gasteiger partial charge is 0.497 e. The predicted octanol–water partition coefficient (Wildman–Crippen LogP) is 5.58. The molecule has 2 aliphatic rings. The summed E-state index contributed by atoms with van der Waals surface area (Å²) in [5.41, 5.74) is -1.62. The molecule has 1 heterocycles. The number of amides is 2. The van der Waals surface area contributed by atoms with Gasteiger partial charge in [-0.3, -0.25) is 14.4 Å². The van der Waals surface area contributed by atoms with Crippen LogP contribution in [0.2, 0.25) is 0 Å². The second-order valence-electron chi connectivity index (χ2n) is 11.1. The van der Waals surface area contributed by atoms with E-state index in [1.165, 1.54) is 19.3 Å². The lowest BCUT2D eigenvalue weighted by molar-refractivity contribution is -0.303. The van der Waals surface area contributed by atoms with Crippen molar-refractivity contribution in [1.29, 1.82) is 0 Å². The third-order valence-corrected chi connectivity index (χ3v) is 7.96. The summed E-state index contributed by atoms with van der Waals surface area (Å²) in [6, 6.07) is 5.60. The van der Waals surface area contributed by atoms with Crippen molar-refractivity contribution in [1.82, 2.24) is 20.8 Å². The van der Waals surface area contributed by atoms with Crippen LogP contribution in [0.1, 0.15) is 69.5 Å². The number of rotatable bonds is 11. The van der Waals surface area contributed by atoms with Crippen molar-refractivity contribution in [3.8, 4) is 17.2 Å². The molecule has 0 bridgehead atoms. The number of alkyl halides is 3. The van der Waals surface area contributed by atoms with Crippen molar-refractivity contribution in [3.63, 3.8) is 0 Å². The van der Waals surface area contributed by atoms with Crippen LogP contribution >= 0.6 is 0 Å². The van der Waals surface area contributed by atoms with Crippen LogP contribution in [0.25, 0.3) is 11.5 Å².